The van der Waals surface area contributed by atoms with Crippen molar-refractivity contribution in [1.29, 1.82) is 0 Å². The van der Waals surface area contributed by atoms with Crippen LogP contribution < -0.4 is 9.47 Å². The smallest absolute Gasteiger partial charge is 0.253 e. The zero-order valence-corrected chi connectivity index (χ0v) is 17.8. The van der Waals surface area contributed by atoms with Gasteiger partial charge in [0.1, 0.15) is 0 Å². The maximum absolute atomic E-state index is 12.9. The van der Waals surface area contributed by atoms with Gasteiger partial charge in [0.25, 0.3) is 5.91 Å². The summed E-state index contributed by atoms with van der Waals surface area (Å²) in [6.45, 7) is 5.23. The van der Waals surface area contributed by atoms with E-state index in [1.165, 1.54) is 0 Å². The Morgan fingerprint density at radius 2 is 1.77 bits per heavy atom. The highest BCUT2D eigenvalue weighted by Crippen LogP contribution is 2.31. The van der Waals surface area contributed by atoms with Crippen LogP contribution in [0.15, 0.2) is 47.0 Å². The third-order valence-corrected chi connectivity index (χ3v) is 4.78. The molecule has 0 saturated carbocycles. The van der Waals surface area contributed by atoms with Crippen molar-refractivity contribution < 1.29 is 18.8 Å². The summed E-state index contributed by atoms with van der Waals surface area (Å²) in [4.78, 5) is 19.2. The van der Waals surface area contributed by atoms with Crippen molar-refractivity contribution in [3.05, 3.63) is 59.5 Å². The predicted molar refractivity (Wildman–Crippen MR) is 114 cm³/mol. The minimum Gasteiger partial charge on any atom is -0.493 e. The maximum atomic E-state index is 12.9. The van der Waals surface area contributed by atoms with Crippen molar-refractivity contribution in [2.45, 2.75) is 26.7 Å². The van der Waals surface area contributed by atoms with Gasteiger partial charge < -0.3 is 18.9 Å². The first kappa shape index (κ1) is 21.4. The van der Waals surface area contributed by atoms with E-state index in [1.54, 1.807) is 26.4 Å². The fourth-order valence-corrected chi connectivity index (χ4v) is 3.14. The van der Waals surface area contributed by atoms with E-state index in [2.05, 4.69) is 17.1 Å². The average Bonchev–Trinajstić information content (AvgIpc) is 3.25. The van der Waals surface area contributed by atoms with E-state index in [0.717, 1.165) is 17.5 Å². The zero-order valence-electron chi connectivity index (χ0n) is 17.8. The Kier molecular flexibility index (Phi) is 7.06. The summed E-state index contributed by atoms with van der Waals surface area (Å²) in [5, 5.41) is 4.07. The predicted octanol–water partition coefficient (Wildman–Crippen LogP) is 4.16. The van der Waals surface area contributed by atoms with Gasteiger partial charge >= 0.3 is 0 Å². The van der Waals surface area contributed by atoms with Gasteiger partial charge in [-0.3, -0.25) is 4.79 Å². The minimum atomic E-state index is 0.0106. The molecule has 0 fully saturated rings. The van der Waals surface area contributed by atoms with Crippen molar-refractivity contribution in [3.63, 3.8) is 0 Å². The Hall–Kier alpha value is -3.35. The van der Waals surface area contributed by atoms with Crippen molar-refractivity contribution >= 4 is 5.91 Å². The summed E-state index contributed by atoms with van der Waals surface area (Å²) < 4.78 is 16.0. The van der Waals surface area contributed by atoms with Crippen LogP contribution in [0.3, 0.4) is 0 Å². The van der Waals surface area contributed by atoms with E-state index in [4.69, 9.17) is 14.0 Å². The van der Waals surface area contributed by atoms with Crippen LogP contribution in [0.1, 0.15) is 35.2 Å². The molecule has 0 unspecified atom stereocenters. The van der Waals surface area contributed by atoms with Crippen molar-refractivity contribution in [1.82, 2.24) is 15.0 Å². The highest BCUT2D eigenvalue weighted by atomic mass is 16.5. The minimum absolute atomic E-state index is 0.0106. The lowest BCUT2D eigenvalue weighted by Crippen LogP contribution is -2.33. The number of amides is 1. The zero-order chi connectivity index (χ0) is 21.5. The third-order valence-electron chi connectivity index (χ3n) is 4.78. The Labute approximate surface area is 176 Å². The lowest BCUT2D eigenvalue weighted by atomic mass is 10.1. The van der Waals surface area contributed by atoms with Crippen molar-refractivity contribution in [2.75, 3.05) is 27.3 Å². The van der Waals surface area contributed by atoms with E-state index in [9.17, 15) is 4.79 Å². The number of nitrogens with zero attached hydrogens (tertiary/aromatic N) is 3. The van der Waals surface area contributed by atoms with Crippen LogP contribution in [0.2, 0.25) is 0 Å². The summed E-state index contributed by atoms with van der Waals surface area (Å²) in [6.07, 6.45) is 1.36. The van der Waals surface area contributed by atoms with Gasteiger partial charge in [0.05, 0.1) is 14.2 Å². The Morgan fingerprint density at radius 1 is 1.03 bits per heavy atom. The van der Waals surface area contributed by atoms with E-state index in [-0.39, 0.29) is 5.91 Å². The molecule has 7 heteroatoms. The molecule has 158 valence electrons. The molecule has 1 amide bonds. The van der Waals surface area contributed by atoms with Crippen LogP contribution in [0, 0.1) is 6.92 Å². The quantitative estimate of drug-likeness (QED) is 0.528. The molecule has 1 aromatic heterocycles. The van der Waals surface area contributed by atoms with Crippen LogP contribution in [0.25, 0.3) is 11.4 Å². The Balaban J connectivity index is 1.69. The molecular formula is C23H27N3O4. The van der Waals surface area contributed by atoms with Crippen LogP contribution >= 0.6 is 0 Å². The molecule has 0 aliphatic rings. The second kappa shape index (κ2) is 9.91. The molecule has 30 heavy (non-hydrogen) atoms. The fourth-order valence-electron chi connectivity index (χ4n) is 3.14. The van der Waals surface area contributed by atoms with Gasteiger partial charge in [-0.05, 0) is 43.7 Å². The normalized spacial score (nSPS) is 10.7. The molecule has 0 atom stereocenters. The number of carbonyl (C=O) groups is 1. The first-order valence-electron chi connectivity index (χ1n) is 9.96. The van der Waals surface area contributed by atoms with E-state index in [1.807, 2.05) is 42.2 Å². The number of ether oxygens (including phenoxy) is 2. The molecule has 0 aliphatic carbocycles. The molecule has 0 saturated heterocycles. The number of hydrogen-bond donors (Lipinski definition) is 0. The molecule has 7 nitrogen and oxygen atoms in total. The number of benzene rings is 2. The number of aryl methyl sites for hydroxylation is 1. The van der Waals surface area contributed by atoms with E-state index >= 15 is 0 Å². The number of methoxy groups -OCH3 is 2. The summed E-state index contributed by atoms with van der Waals surface area (Å²) in [5.41, 5.74) is 2.58. The molecule has 3 rings (SSSR count). The van der Waals surface area contributed by atoms with Crippen molar-refractivity contribution in [3.8, 4) is 22.9 Å². The van der Waals surface area contributed by atoms with Crippen LogP contribution in [-0.4, -0.2) is 48.3 Å². The SMILES string of the molecule is CCCN(CCc1nc(-c2ccc(OC)c(OC)c2)no1)C(=O)c1ccc(C)cc1. The lowest BCUT2D eigenvalue weighted by molar-refractivity contribution is 0.0754. The highest BCUT2D eigenvalue weighted by Gasteiger charge is 2.17. The van der Waals surface area contributed by atoms with Gasteiger partial charge in [-0.15, -0.1) is 0 Å². The first-order valence-corrected chi connectivity index (χ1v) is 9.96. The molecule has 0 aliphatic heterocycles. The lowest BCUT2D eigenvalue weighted by Gasteiger charge is -2.21. The topological polar surface area (TPSA) is 77.7 Å². The van der Waals surface area contributed by atoms with Gasteiger partial charge in [-0.1, -0.05) is 29.8 Å². The van der Waals surface area contributed by atoms with Crippen LogP contribution in [-0.2, 0) is 6.42 Å². The van der Waals surface area contributed by atoms with Gasteiger partial charge in [0.2, 0.25) is 11.7 Å². The number of aromatic nitrogens is 2. The van der Waals surface area contributed by atoms with Gasteiger partial charge in [-0.25, -0.2) is 0 Å². The second-order valence-corrected chi connectivity index (χ2v) is 6.99. The number of carbonyl (C=O) groups excluding carboxylic acids is 1. The number of rotatable bonds is 9. The monoisotopic (exact) mass is 409 g/mol. The van der Waals surface area contributed by atoms with Gasteiger partial charge in [-0.2, -0.15) is 4.98 Å². The van der Waals surface area contributed by atoms with Crippen LogP contribution in [0.5, 0.6) is 11.5 Å². The van der Waals surface area contributed by atoms with E-state index < -0.39 is 0 Å². The number of hydrogen-bond acceptors (Lipinski definition) is 6. The average molecular weight is 409 g/mol. The Morgan fingerprint density at radius 3 is 2.43 bits per heavy atom. The standard InChI is InChI=1S/C23H27N3O4/c1-5-13-26(23(27)17-8-6-16(2)7-9-17)14-12-21-24-22(25-30-21)18-10-11-19(28-3)20(15-18)29-4/h6-11,15H,5,12-14H2,1-4H3. The molecule has 0 radical (unpaired) electrons. The van der Waals surface area contributed by atoms with Crippen LogP contribution in [0.4, 0.5) is 0 Å². The summed E-state index contributed by atoms with van der Waals surface area (Å²) in [5.74, 6) is 2.20. The molecule has 0 bridgehead atoms. The third kappa shape index (κ3) is 4.97. The first-order chi connectivity index (χ1) is 14.5. The summed E-state index contributed by atoms with van der Waals surface area (Å²) in [7, 11) is 3.17. The molecule has 0 N–H and O–H groups in total. The summed E-state index contributed by atoms with van der Waals surface area (Å²) >= 11 is 0. The summed E-state index contributed by atoms with van der Waals surface area (Å²) in [6, 6.07) is 13.1. The molecule has 0 spiro atoms. The molecule has 2 aromatic carbocycles. The molecule has 1 heterocycles. The largest absolute Gasteiger partial charge is 0.493 e. The highest BCUT2D eigenvalue weighted by molar-refractivity contribution is 5.94. The molecule has 3 aromatic rings. The van der Waals surface area contributed by atoms with E-state index in [0.29, 0.717) is 48.3 Å². The Bertz CT molecular complexity index is 982. The fraction of sp³-hybridized carbons (Fsp3) is 0.348. The second-order valence-electron chi connectivity index (χ2n) is 6.99. The van der Waals surface area contributed by atoms with Gasteiger partial charge in [0.15, 0.2) is 11.5 Å². The van der Waals surface area contributed by atoms with Gasteiger partial charge in [0, 0.05) is 30.6 Å². The van der Waals surface area contributed by atoms with Crippen molar-refractivity contribution in [2.24, 2.45) is 0 Å². The maximum Gasteiger partial charge on any atom is 0.253 e. The molecular weight excluding hydrogens is 382 g/mol.